The summed E-state index contributed by atoms with van der Waals surface area (Å²) >= 11 is 0. The van der Waals surface area contributed by atoms with E-state index >= 15 is 0 Å². The van der Waals surface area contributed by atoms with Crippen molar-refractivity contribution in [2.45, 2.75) is 12.5 Å². The first-order valence-electron chi connectivity index (χ1n) is 6.71. The third-order valence-corrected chi connectivity index (χ3v) is 3.75. The number of hydrogen-bond acceptors (Lipinski definition) is 3. The van der Waals surface area contributed by atoms with Gasteiger partial charge in [-0.1, -0.05) is 30.3 Å². The fourth-order valence-electron chi connectivity index (χ4n) is 2.60. The summed E-state index contributed by atoms with van der Waals surface area (Å²) in [5.41, 5.74) is 1.22. The third-order valence-electron chi connectivity index (χ3n) is 3.75. The Labute approximate surface area is 114 Å². The number of likely N-dealkylation sites (tertiary alicyclic amines) is 1. The van der Waals surface area contributed by atoms with E-state index < -0.39 is 0 Å². The maximum Gasteiger partial charge on any atom is 0.223 e. The van der Waals surface area contributed by atoms with E-state index in [4.69, 9.17) is 0 Å². The molecule has 1 amide bonds. The lowest BCUT2D eigenvalue weighted by atomic mass is 10.1. The molecule has 1 heterocycles. The molecule has 1 saturated heterocycles. The molecule has 0 aliphatic carbocycles. The highest BCUT2D eigenvalue weighted by Crippen LogP contribution is 2.24. The predicted octanol–water partition coefficient (Wildman–Crippen LogP) is 1.13. The lowest BCUT2D eigenvalue weighted by Gasteiger charge is -2.29. The number of aliphatic hydroxyl groups excluding tert-OH is 1. The number of carbonyl (C=O) groups is 1. The monoisotopic (exact) mass is 262 g/mol. The summed E-state index contributed by atoms with van der Waals surface area (Å²) in [5, 5.41) is 9.17. The van der Waals surface area contributed by atoms with Crippen molar-refractivity contribution in [3.63, 3.8) is 0 Å². The summed E-state index contributed by atoms with van der Waals surface area (Å²) < 4.78 is 0. The minimum Gasteiger partial charge on any atom is -0.396 e. The second-order valence-electron chi connectivity index (χ2n) is 5.44. The molecule has 104 valence electrons. The zero-order chi connectivity index (χ0) is 13.8. The van der Waals surface area contributed by atoms with Crippen LogP contribution in [0.15, 0.2) is 30.3 Å². The molecule has 1 fully saturated rings. The molecule has 4 heteroatoms. The van der Waals surface area contributed by atoms with Crippen molar-refractivity contribution >= 4 is 5.91 Å². The van der Waals surface area contributed by atoms with Gasteiger partial charge >= 0.3 is 0 Å². The van der Waals surface area contributed by atoms with Crippen molar-refractivity contribution in [1.29, 1.82) is 0 Å². The molecule has 4 nitrogen and oxygen atoms in total. The van der Waals surface area contributed by atoms with Gasteiger partial charge in [0, 0.05) is 32.0 Å². The minimum absolute atomic E-state index is 0.0974. The number of amides is 1. The van der Waals surface area contributed by atoms with Crippen LogP contribution >= 0.6 is 0 Å². The second kappa shape index (κ2) is 6.17. The number of aliphatic hydroxyl groups is 1. The quantitative estimate of drug-likeness (QED) is 0.865. The standard InChI is InChI=1S/C15H22N2O2/c1-16(2)14(13-6-4-3-5-7-13)10-17-9-12(11-18)8-15(17)19/h3-7,12,14,18H,8-11H2,1-2H3. The van der Waals surface area contributed by atoms with Crippen molar-refractivity contribution in [3.8, 4) is 0 Å². The Morgan fingerprint density at radius 1 is 1.37 bits per heavy atom. The van der Waals surface area contributed by atoms with Crippen LogP contribution in [0.3, 0.4) is 0 Å². The Morgan fingerprint density at radius 3 is 2.58 bits per heavy atom. The highest BCUT2D eigenvalue weighted by molar-refractivity contribution is 5.78. The third kappa shape index (κ3) is 3.33. The first-order chi connectivity index (χ1) is 9.11. The summed E-state index contributed by atoms with van der Waals surface area (Å²) in [7, 11) is 4.06. The van der Waals surface area contributed by atoms with Crippen LogP contribution < -0.4 is 0 Å². The van der Waals surface area contributed by atoms with Gasteiger partial charge in [0.2, 0.25) is 5.91 Å². The summed E-state index contributed by atoms with van der Waals surface area (Å²) in [6.07, 6.45) is 0.478. The van der Waals surface area contributed by atoms with Gasteiger partial charge in [-0.2, -0.15) is 0 Å². The summed E-state index contributed by atoms with van der Waals surface area (Å²) in [5.74, 6) is 0.257. The second-order valence-corrected chi connectivity index (χ2v) is 5.44. The Bertz CT molecular complexity index is 419. The van der Waals surface area contributed by atoms with Gasteiger partial charge < -0.3 is 14.9 Å². The molecular weight excluding hydrogens is 240 g/mol. The van der Waals surface area contributed by atoms with E-state index in [1.165, 1.54) is 5.56 Å². The molecule has 0 saturated carbocycles. The molecule has 1 aromatic rings. The minimum atomic E-state index is 0.0974. The maximum absolute atomic E-state index is 11.9. The zero-order valence-corrected chi connectivity index (χ0v) is 11.6. The van der Waals surface area contributed by atoms with Crippen molar-refractivity contribution in [2.24, 2.45) is 5.92 Å². The molecule has 2 atom stereocenters. The molecule has 0 bridgehead atoms. The number of likely N-dealkylation sites (N-methyl/N-ethyl adjacent to an activating group) is 1. The van der Waals surface area contributed by atoms with E-state index in [0.29, 0.717) is 19.5 Å². The average molecular weight is 262 g/mol. The first kappa shape index (κ1) is 14.0. The number of rotatable bonds is 5. The van der Waals surface area contributed by atoms with Crippen LogP contribution in [0, 0.1) is 5.92 Å². The average Bonchev–Trinajstić information content (AvgIpc) is 2.77. The number of hydrogen-bond donors (Lipinski definition) is 1. The Kier molecular flexibility index (Phi) is 4.56. The molecule has 0 aromatic heterocycles. The highest BCUT2D eigenvalue weighted by Gasteiger charge is 2.31. The highest BCUT2D eigenvalue weighted by atomic mass is 16.3. The van der Waals surface area contributed by atoms with Crippen LogP contribution in [-0.4, -0.2) is 54.6 Å². The number of nitrogens with zero attached hydrogens (tertiary/aromatic N) is 2. The molecular formula is C15H22N2O2. The lowest BCUT2D eigenvalue weighted by molar-refractivity contribution is -0.128. The first-order valence-corrected chi connectivity index (χ1v) is 6.71. The van der Waals surface area contributed by atoms with Crippen LogP contribution in [-0.2, 0) is 4.79 Å². The van der Waals surface area contributed by atoms with E-state index in [9.17, 15) is 9.90 Å². The fraction of sp³-hybridized carbons (Fsp3) is 0.533. The zero-order valence-electron chi connectivity index (χ0n) is 11.6. The van der Waals surface area contributed by atoms with Gasteiger partial charge in [-0.05, 0) is 19.7 Å². The summed E-state index contributed by atoms with van der Waals surface area (Å²) in [4.78, 5) is 15.9. The van der Waals surface area contributed by atoms with E-state index in [1.54, 1.807) is 0 Å². The smallest absolute Gasteiger partial charge is 0.223 e. The molecule has 1 aliphatic rings. The molecule has 2 rings (SSSR count). The van der Waals surface area contributed by atoms with Gasteiger partial charge in [0.05, 0.1) is 6.04 Å². The maximum atomic E-state index is 11.9. The normalized spacial score (nSPS) is 21.2. The van der Waals surface area contributed by atoms with Crippen LogP contribution in [0.2, 0.25) is 0 Å². The van der Waals surface area contributed by atoms with Crippen LogP contribution in [0.4, 0.5) is 0 Å². The van der Waals surface area contributed by atoms with E-state index in [2.05, 4.69) is 17.0 Å². The topological polar surface area (TPSA) is 43.8 Å². The van der Waals surface area contributed by atoms with Gasteiger partial charge in [-0.25, -0.2) is 0 Å². The Balaban J connectivity index is 2.08. The molecule has 1 N–H and O–H groups in total. The molecule has 0 spiro atoms. The molecule has 1 aliphatic heterocycles. The predicted molar refractivity (Wildman–Crippen MR) is 74.6 cm³/mol. The summed E-state index contributed by atoms with van der Waals surface area (Å²) in [6, 6.07) is 10.4. The van der Waals surface area contributed by atoms with Crippen molar-refractivity contribution in [3.05, 3.63) is 35.9 Å². The van der Waals surface area contributed by atoms with Gasteiger partial charge in [0.25, 0.3) is 0 Å². The van der Waals surface area contributed by atoms with Crippen LogP contribution in [0.25, 0.3) is 0 Å². The van der Waals surface area contributed by atoms with E-state index in [0.717, 1.165) is 0 Å². The molecule has 0 radical (unpaired) electrons. The SMILES string of the molecule is CN(C)C(CN1CC(CO)CC1=O)c1ccccc1. The largest absolute Gasteiger partial charge is 0.396 e. The van der Waals surface area contributed by atoms with Gasteiger partial charge in [-0.3, -0.25) is 4.79 Å². The number of carbonyl (C=O) groups excluding carboxylic acids is 1. The number of benzene rings is 1. The van der Waals surface area contributed by atoms with Gasteiger partial charge in [0.15, 0.2) is 0 Å². The Morgan fingerprint density at radius 2 is 2.05 bits per heavy atom. The van der Waals surface area contributed by atoms with Crippen molar-refractivity contribution < 1.29 is 9.90 Å². The molecule has 2 unspecified atom stereocenters. The molecule has 19 heavy (non-hydrogen) atoms. The lowest BCUT2D eigenvalue weighted by Crippen LogP contribution is -2.36. The Hall–Kier alpha value is -1.39. The van der Waals surface area contributed by atoms with Crippen molar-refractivity contribution in [2.75, 3.05) is 33.8 Å². The fourth-order valence-corrected chi connectivity index (χ4v) is 2.60. The van der Waals surface area contributed by atoms with Gasteiger partial charge in [-0.15, -0.1) is 0 Å². The van der Waals surface area contributed by atoms with Crippen LogP contribution in [0.5, 0.6) is 0 Å². The van der Waals surface area contributed by atoms with Crippen LogP contribution in [0.1, 0.15) is 18.0 Å². The summed E-state index contributed by atoms with van der Waals surface area (Å²) in [6.45, 7) is 1.46. The molecule has 1 aromatic carbocycles. The van der Waals surface area contributed by atoms with E-state index in [1.807, 2.05) is 37.2 Å². The van der Waals surface area contributed by atoms with Crippen molar-refractivity contribution in [1.82, 2.24) is 9.80 Å². The van der Waals surface area contributed by atoms with Gasteiger partial charge in [0.1, 0.15) is 0 Å². The van der Waals surface area contributed by atoms with E-state index in [-0.39, 0.29) is 24.5 Å².